The van der Waals surface area contributed by atoms with Crippen LogP contribution in [-0.4, -0.2) is 30.6 Å². The first-order chi connectivity index (χ1) is 11.5. The van der Waals surface area contributed by atoms with Gasteiger partial charge in [0.25, 0.3) is 5.91 Å². The Hall–Kier alpha value is -3.22. The minimum absolute atomic E-state index is 0.00904. The van der Waals surface area contributed by atoms with Crippen LogP contribution in [0.2, 0.25) is 0 Å². The number of anilines is 1. The van der Waals surface area contributed by atoms with Crippen LogP contribution in [0.4, 0.5) is 5.69 Å². The highest BCUT2D eigenvalue weighted by Gasteiger charge is 2.32. The first-order valence-corrected chi connectivity index (χ1v) is 7.33. The van der Waals surface area contributed by atoms with Crippen LogP contribution in [0.15, 0.2) is 42.5 Å². The highest BCUT2D eigenvalue weighted by atomic mass is 16.5. The molecule has 1 heterocycles. The van der Waals surface area contributed by atoms with Gasteiger partial charge in [0.05, 0.1) is 24.9 Å². The molecule has 0 aliphatic carbocycles. The maximum Gasteiger partial charge on any atom is 0.255 e. The van der Waals surface area contributed by atoms with Gasteiger partial charge in [0.2, 0.25) is 5.91 Å². The van der Waals surface area contributed by atoms with E-state index in [9.17, 15) is 14.7 Å². The number of fused-ring (bicyclic) bond motifs is 1. The van der Waals surface area contributed by atoms with Gasteiger partial charge in [-0.25, -0.2) is 0 Å². The Bertz CT molecular complexity index is 806. The number of aromatic hydroxyl groups is 1. The van der Waals surface area contributed by atoms with E-state index in [1.54, 1.807) is 41.3 Å². The number of primary amides is 1. The SMILES string of the molecule is COc1cc(C2NC(=O)c3ccccc3N2CC(N)=O)ccc1O. The largest absolute Gasteiger partial charge is 0.504 e. The number of hydrogen-bond donors (Lipinski definition) is 3. The fourth-order valence-corrected chi connectivity index (χ4v) is 2.81. The zero-order valence-electron chi connectivity index (χ0n) is 13.0. The van der Waals surface area contributed by atoms with E-state index in [1.807, 2.05) is 0 Å². The average molecular weight is 327 g/mol. The number of benzene rings is 2. The lowest BCUT2D eigenvalue weighted by Crippen LogP contribution is -2.49. The molecule has 0 radical (unpaired) electrons. The summed E-state index contributed by atoms with van der Waals surface area (Å²) in [5.74, 6) is -0.495. The van der Waals surface area contributed by atoms with Crippen LogP contribution in [0.5, 0.6) is 11.5 Å². The monoisotopic (exact) mass is 327 g/mol. The lowest BCUT2D eigenvalue weighted by Gasteiger charge is -2.38. The van der Waals surface area contributed by atoms with E-state index in [0.29, 0.717) is 16.8 Å². The molecule has 7 heteroatoms. The number of ether oxygens (including phenoxy) is 1. The minimum atomic E-state index is -0.602. The van der Waals surface area contributed by atoms with Crippen molar-refractivity contribution in [2.24, 2.45) is 5.73 Å². The zero-order valence-corrected chi connectivity index (χ0v) is 13.0. The standard InChI is InChI=1S/C17H17N3O4/c1-24-14-8-10(6-7-13(14)21)16-19-17(23)11-4-2-3-5-12(11)20(16)9-15(18)22/h2-8,16,21H,9H2,1H3,(H2,18,22)(H,19,23). The molecule has 1 atom stereocenters. The van der Waals surface area contributed by atoms with Crippen LogP contribution >= 0.6 is 0 Å². The van der Waals surface area contributed by atoms with E-state index >= 15 is 0 Å². The summed E-state index contributed by atoms with van der Waals surface area (Å²) in [6, 6.07) is 11.7. The number of nitrogens with two attached hydrogens (primary N) is 1. The van der Waals surface area contributed by atoms with Crippen molar-refractivity contribution in [3.63, 3.8) is 0 Å². The Morgan fingerprint density at radius 3 is 2.79 bits per heavy atom. The Kier molecular flexibility index (Phi) is 3.99. The van der Waals surface area contributed by atoms with Gasteiger partial charge in [0.1, 0.15) is 6.17 Å². The molecular formula is C17H17N3O4. The molecule has 1 unspecified atom stereocenters. The van der Waals surface area contributed by atoms with E-state index < -0.39 is 12.1 Å². The third kappa shape index (κ3) is 2.71. The molecule has 7 nitrogen and oxygen atoms in total. The summed E-state index contributed by atoms with van der Waals surface area (Å²) in [6.45, 7) is -0.0643. The molecule has 0 fully saturated rings. The Balaban J connectivity index is 2.09. The van der Waals surface area contributed by atoms with Crippen LogP contribution in [0.3, 0.4) is 0 Å². The molecule has 0 spiro atoms. The molecular weight excluding hydrogens is 310 g/mol. The third-order valence-electron chi connectivity index (χ3n) is 3.88. The second-order valence-electron chi connectivity index (χ2n) is 5.42. The number of phenols is 1. The van der Waals surface area contributed by atoms with Crippen molar-refractivity contribution in [1.82, 2.24) is 5.32 Å². The summed E-state index contributed by atoms with van der Waals surface area (Å²) in [5, 5.41) is 12.6. The van der Waals surface area contributed by atoms with Crippen LogP contribution in [0.25, 0.3) is 0 Å². The summed E-state index contributed by atoms with van der Waals surface area (Å²) >= 11 is 0. The highest BCUT2D eigenvalue weighted by Crippen LogP contribution is 2.35. The van der Waals surface area contributed by atoms with Crippen molar-refractivity contribution >= 4 is 17.5 Å². The second kappa shape index (κ2) is 6.11. The number of para-hydroxylation sites is 1. The van der Waals surface area contributed by atoms with Gasteiger partial charge in [0.15, 0.2) is 11.5 Å². The molecule has 0 saturated carbocycles. The fraction of sp³-hybridized carbons (Fsp3) is 0.176. The lowest BCUT2D eigenvalue weighted by molar-refractivity contribution is -0.116. The van der Waals surface area contributed by atoms with Gasteiger partial charge in [-0.3, -0.25) is 9.59 Å². The Labute approximate surface area is 138 Å². The van der Waals surface area contributed by atoms with Gasteiger partial charge < -0.3 is 25.8 Å². The van der Waals surface area contributed by atoms with Gasteiger partial charge in [0, 0.05) is 0 Å². The van der Waals surface area contributed by atoms with Crippen LogP contribution < -0.4 is 20.7 Å². The number of nitrogens with zero attached hydrogens (tertiary/aromatic N) is 1. The minimum Gasteiger partial charge on any atom is -0.504 e. The van der Waals surface area contributed by atoms with E-state index in [2.05, 4.69) is 5.32 Å². The number of rotatable bonds is 4. The normalized spacial score (nSPS) is 16.3. The predicted molar refractivity (Wildman–Crippen MR) is 87.8 cm³/mol. The fourth-order valence-electron chi connectivity index (χ4n) is 2.81. The van der Waals surface area contributed by atoms with Crippen LogP contribution in [0.1, 0.15) is 22.1 Å². The Morgan fingerprint density at radius 1 is 1.33 bits per heavy atom. The van der Waals surface area contributed by atoms with Crippen molar-refractivity contribution in [1.29, 1.82) is 0 Å². The maximum absolute atomic E-state index is 12.4. The second-order valence-corrected chi connectivity index (χ2v) is 5.42. The summed E-state index contributed by atoms with van der Waals surface area (Å²) in [4.78, 5) is 25.6. The molecule has 1 aliphatic rings. The van der Waals surface area contributed by atoms with Gasteiger partial charge in [-0.15, -0.1) is 0 Å². The van der Waals surface area contributed by atoms with E-state index in [4.69, 9.17) is 10.5 Å². The van der Waals surface area contributed by atoms with Gasteiger partial charge >= 0.3 is 0 Å². The van der Waals surface area contributed by atoms with Gasteiger partial charge in [-0.2, -0.15) is 0 Å². The lowest BCUT2D eigenvalue weighted by atomic mass is 10.0. The number of carbonyl (C=O) groups excluding carboxylic acids is 2. The number of hydrogen-bond acceptors (Lipinski definition) is 5. The highest BCUT2D eigenvalue weighted by molar-refractivity contribution is 6.02. The molecule has 2 aromatic rings. The van der Waals surface area contributed by atoms with Crippen molar-refractivity contribution in [3.05, 3.63) is 53.6 Å². The van der Waals surface area contributed by atoms with Crippen molar-refractivity contribution in [3.8, 4) is 11.5 Å². The molecule has 0 saturated heterocycles. The first kappa shape index (κ1) is 15.7. The van der Waals surface area contributed by atoms with Crippen molar-refractivity contribution < 1.29 is 19.4 Å². The quantitative estimate of drug-likeness (QED) is 0.781. The zero-order chi connectivity index (χ0) is 17.3. The van der Waals surface area contributed by atoms with Crippen molar-refractivity contribution in [2.45, 2.75) is 6.17 Å². The molecule has 24 heavy (non-hydrogen) atoms. The number of amides is 2. The topological polar surface area (TPSA) is 105 Å². The number of methoxy groups -OCH3 is 1. The molecule has 2 aromatic carbocycles. The van der Waals surface area contributed by atoms with Gasteiger partial charge in [-0.1, -0.05) is 18.2 Å². The average Bonchev–Trinajstić information content (AvgIpc) is 2.57. The van der Waals surface area contributed by atoms with E-state index in [0.717, 1.165) is 0 Å². The molecule has 2 amide bonds. The molecule has 124 valence electrons. The number of carbonyl (C=O) groups is 2. The van der Waals surface area contributed by atoms with Crippen LogP contribution in [-0.2, 0) is 4.79 Å². The molecule has 0 bridgehead atoms. The predicted octanol–water partition coefficient (Wildman–Crippen LogP) is 1.13. The summed E-state index contributed by atoms with van der Waals surface area (Å²) < 4.78 is 5.12. The number of phenolic OH excluding ortho intramolecular Hbond substituents is 1. The van der Waals surface area contributed by atoms with Crippen LogP contribution in [0, 0.1) is 0 Å². The summed E-state index contributed by atoms with van der Waals surface area (Å²) in [6.07, 6.45) is -0.602. The van der Waals surface area contributed by atoms with E-state index in [1.165, 1.54) is 13.2 Å². The third-order valence-corrected chi connectivity index (χ3v) is 3.88. The van der Waals surface area contributed by atoms with Crippen molar-refractivity contribution in [2.75, 3.05) is 18.6 Å². The molecule has 0 aromatic heterocycles. The number of nitrogens with one attached hydrogen (secondary N) is 1. The molecule has 3 rings (SSSR count). The first-order valence-electron chi connectivity index (χ1n) is 7.33. The maximum atomic E-state index is 12.4. The smallest absolute Gasteiger partial charge is 0.255 e. The molecule has 1 aliphatic heterocycles. The summed E-state index contributed by atoms with van der Waals surface area (Å²) in [7, 11) is 1.44. The Morgan fingerprint density at radius 2 is 2.08 bits per heavy atom. The van der Waals surface area contributed by atoms with Gasteiger partial charge in [-0.05, 0) is 29.8 Å². The molecule has 4 N–H and O–H groups in total. The summed E-state index contributed by atoms with van der Waals surface area (Å²) in [5.41, 5.74) is 7.13. The van der Waals surface area contributed by atoms with E-state index in [-0.39, 0.29) is 24.0 Å².